The zero-order valence-electron chi connectivity index (χ0n) is 14.7. The van der Waals surface area contributed by atoms with Gasteiger partial charge in [-0.05, 0) is 64.1 Å². The van der Waals surface area contributed by atoms with Gasteiger partial charge < -0.3 is 15.2 Å². The van der Waals surface area contributed by atoms with E-state index in [1.807, 2.05) is 58.0 Å². The Balaban J connectivity index is 1.98. The van der Waals surface area contributed by atoms with Gasteiger partial charge in [0.05, 0.1) is 11.4 Å². The van der Waals surface area contributed by atoms with Crippen molar-refractivity contribution >= 4 is 34.7 Å². The van der Waals surface area contributed by atoms with Crippen LogP contribution >= 0.6 is 23.4 Å². The van der Waals surface area contributed by atoms with Crippen molar-refractivity contribution in [2.45, 2.75) is 48.6 Å². The Morgan fingerprint density at radius 2 is 1.64 bits per heavy atom. The third-order valence-corrected chi connectivity index (χ3v) is 6.24. The van der Waals surface area contributed by atoms with Gasteiger partial charge in [0.25, 0.3) is 0 Å². The average Bonchev–Trinajstić information content (AvgIpc) is 2.72. The Morgan fingerprint density at radius 1 is 0.960 bits per heavy atom. The summed E-state index contributed by atoms with van der Waals surface area (Å²) in [5.41, 5.74) is 1.91. The van der Waals surface area contributed by atoms with Crippen LogP contribution in [0.4, 0.5) is 11.4 Å². The second kappa shape index (κ2) is 5.52. The van der Waals surface area contributed by atoms with Gasteiger partial charge in [0.15, 0.2) is 0 Å². The number of benzene rings is 2. The first-order valence-corrected chi connectivity index (χ1v) is 9.49. The molecule has 2 aromatic carbocycles. The molecule has 0 atom stereocenters. The number of rotatable bonds is 1. The van der Waals surface area contributed by atoms with Crippen molar-refractivity contribution in [3.05, 3.63) is 64.5 Å². The minimum Gasteiger partial charge on any atom is -0.784 e. The SMILES string of the molecule is CC1(C)C=C(N2c3ccccc3Sc3ccc(Cl)cc32)C(C)(C)N1[O-]. The van der Waals surface area contributed by atoms with Gasteiger partial charge in [-0.1, -0.05) is 35.5 Å². The molecule has 3 nitrogen and oxygen atoms in total. The highest BCUT2D eigenvalue weighted by atomic mass is 35.5. The fourth-order valence-corrected chi connectivity index (χ4v) is 4.92. The standard InChI is InChI=1S/C20H20ClN2OS/c1-19(2)12-18(20(3,4)23(19)24)22-14-7-5-6-8-16(14)25-17-10-9-13(21)11-15(17)22/h5-12H,1-4H3/q-1. The molecule has 0 aromatic heterocycles. The van der Waals surface area contributed by atoms with Gasteiger partial charge in [-0.15, -0.1) is 0 Å². The summed E-state index contributed by atoms with van der Waals surface area (Å²) in [7, 11) is 0. The highest BCUT2D eigenvalue weighted by Crippen LogP contribution is 2.54. The summed E-state index contributed by atoms with van der Waals surface area (Å²) >= 11 is 8.04. The Kier molecular flexibility index (Phi) is 3.75. The number of hydroxylamine groups is 2. The molecule has 5 heteroatoms. The van der Waals surface area contributed by atoms with E-state index in [0.717, 1.165) is 22.0 Å². The Morgan fingerprint density at radius 3 is 2.32 bits per heavy atom. The lowest BCUT2D eigenvalue weighted by Gasteiger charge is -2.49. The van der Waals surface area contributed by atoms with Gasteiger partial charge in [-0.25, -0.2) is 0 Å². The molecule has 0 amide bonds. The van der Waals surface area contributed by atoms with Crippen LogP contribution in [0.3, 0.4) is 0 Å². The van der Waals surface area contributed by atoms with Crippen molar-refractivity contribution in [1.82, 2.24) is 5.06 Å². The molecule has 0 fully saturated rings. The van der Waals surface area contributed by atoms with Crippen LogP contribution in [-0.4, -0.2) is 16.1 Å². The van der Waals surface area contributed by atoms with E-state index < -0.39 is 11.1 Å². The Hall–Kier alpha value is -1.46. The molecule has 2 heterocycles. The molecule has 2 aliphatic rings. The van der Waals surface area contributed by atoms with Crippen LogP contribution < -0.4 is 4.90 Å². The van der Waals surface area contributed by atoms with Crippen molar-refractivity contribution in [3.8, 4) is 0 Å². The number of fused-ring (bicyclic) bond motifs is 2. The van der Waals surface area contributed by atoms with E-state index in [1.54, 1.807) is 11.8 Å². The van der Waals surface area contributed by atoms with Crippen molar-refractivity contribution in [2.24, 2.45) is 0 Å². The van der Waals surface area contributed by atoms with Crippen LogP contribution in [0.15, 0.2) is 64.0 Å². The zero-order chi connectivity index (χ0) is 18.0. The lowest BCUT2D eigenvalue weighted by Crippen LogP contribution is -2.48. The fourth-order valence-electron chi connectivity index (χ4n) is 3.72. The van der Waals surface area contributed by atoms with Crippen LogP contribution in [-0.2, 0) is 0 Å². The highest BCUT2D eigenvalue weighted by molar-refractivity contribution is 7.99. The first-order valence-electron chi connectivity index (χ1n) is 8.29. The quantitative estimate of drug-likeness (QED) is 0.597. The normalized spacial score (nSPS) is 20.9. The fraction of sp³-hybridized carbons (Fsp3) is 0.300. The number of nitrogens with zero attached hydrogens (tertiary/aromatic N) is 2. The number of para-hydroxylation sites is 1. The molecule has 0 bridgehead atoms. The first kappa shape index (κ1) is 17.0. The van der Waals surface area contributed by atoms with Gasteiger partial charge >= 0.3 is 0 Å². The van der Waals surface area contributed by atoms with Crippen molar-refractivity contribution in [1.29, 1.82) is 0 Å². The highest BCUT2D eigenvalue weighted by Gasteiger charge is 2.44. The summed E-state index contributed by atoms with van der Waals surface area (Å²) < 4.78 is 0. The lowest BCUT2D eigenvalue weighted by molar-refractivity contribution is 0.158. The van der Waals surface area contributed by atoms with E-state index in [2.05, 4.69) is 23.1 Å². The van der Waals surface area contributed by atoms with Crippen molar-refractivity contribution in [2.75, 3.05) is 4.90 Å². The smallest absolute Gasteiger partial charge is 0.0613 e. The summed E-state index contributed by atoms with van der Waals surface area (Å²) in [6, 6.07) is 14.2. The largest absolute Gasteiger partial charge is 0.784 e. The molecular formula is C20H20ClN2OS-. The topological polar surface area (TPSA) is 29.5 Å². The van der Waals surface area contributed by atoms with E-state index in [-0.39, 0.29) is 0 Å². The van der Waals surface area contributed by atoms with Crippen LogP contribution in [0.1, 0.15) is 27.7 Å². The maximum Gasteiger partial charge on any atom is 0.0613 e. The summed E-state index contributed by atoms with van der Waals surface area (Å²) in [5, 5.41) is 14.8. The Bertz CT molecular complexity index is 891. The predicted octanol–water partition coefficient (Wildman–Crippen LogP) is 6.20. The molecule has 2 aromatic rings. The van der Waals surface area contributed by atoms with Crippen LogP contribution in [0, 0.1) is 5.21 Å². The third-order valence-electron chi connectivity index (χ3n) is 4.88. The molecule has 0 saturated carbocycles. The maximum absolute atomic E-state index is 12.9. The monoisotopic (exact) mass is 371 g/mol. The second-order valence-corrected chi connectivity index (χ2v) is 9.07. The molecule has 2 aliphatic heterocycles. The molecule has 0 N–H and O–H groups in total. The molecule has 130 valence electrons. The summed E-state index contributed by atoms with van der Waals surface area (Å²) in [4.78, 5) is 4.52. The van der Waals surface area contributed by atoms with Crippen molar-refractivity contribution < 1.29 is 0 Å². The number of hydrogen-bond acceptors (Lipinski definition) is 4. The number of halogens is 1. The van der Waals surface area contributed by atoms with Crippen LogP contribution in [0.5, 0.6) is 0 Å². The molecule has 0 aliphatic carbocycles. The van der Waals surface area contributed by atoms with E-state index in [4.69, 9.17) is 11.6 Å². The molecule has 0 saturated heterocycles. The minimum absolute atomic E-state index is 0.558. The molecule has 0 spiro atoms. The van der Waals surface area contributed by atoms with E-state index in [1.165, 1.54) is 9.96 Å². The Labute approximate surface area is 157 Å². The summed E-state index contributed by atoms with van der Waals surface area (Å²) in [6.45, 7) is 7.88. The lowest BCUT2D eigenvalue weighted by atomic mass is 10.00. The maximum atomic E-state index is 12.9. The van der Waals surface area contributed by atoms with Gasteiger partial charge in [-0.2, -0.15) is 0 Å². The zero-order valence-corrected chi connectivity index (χ0v) is 16.3. The predicted molar refractivity (Wildman–Crippen MR) is 106 cm³/mol. The molecule has 4 rings (SSSR count). The first-order chi connectivity index (χ1) is 11.7. The van der Waals surface area contributed by atoms with Gasteiger partial charge in [0, 0.05) is 31.6 Å². The van der Waals surface area contributed by atoms with Crippen LogP contribution in [0.2, 0.25) is 5.02 Å². The molecular weight excluding hydrogens is 352 g/mol. The third kappa shape index (κ3) is 2.51. The number of hydrogen-bond donors (Lipinski definition) is 0. The van der Waals surface area contributed by atoms with Gasteiger partial charge in [0.2, 0.25) is 0 Å². The summed E-state index contributed by atoms with van der Waals surface area (Å²) in [6.07, 6.45) is 2.08. The average molecular weight is 372 g/mol. The van der Waals surface area contributed by atoms with Crippen LogP contribution in [0.25, 0.3) is 0 Å². The van der Waals surface area contributed by atoms with Gasteiger partial charge in [0.1, 0.15) is 0 Å². The van der Waals surface area contributed by atoms with Gasteiger partial charge in [-0.3, -0.25) is 0 Å². The van der Waals surface area contributed by atoms with E-state index >= 15 is 0 Å². The second-order valence-electron chi connectivity index (χ2n) is 7.55. The summed E-state index contributed by atoms with van der Waals surface area (Å²) in [5.74, 6) is 0. The van der Waals surface area contributed by atoms with Crippen molar-refractivity contribution in [3.63, 3.8) is 0 Å². The van der Waals surface area contributed by atoms with E-state index in [9.17, 15) is 5.21 Å². The molecule has 0 unspecified atom stereocenters. The molecule has 25 heavy (non-hydrogen) atoms. The van der Waals surface area contributed by atoms with E-state index in [0.29, 0.717) is 5.02 Å². The molecule has 0 radical (unpaired) electrons. The minimum atomic E-state index is -0.641. The number of anilines is 2.